The largest absolute Gasteiger partial charge is 0.377 e. The molecule has 5 nitrogen and oxygen atoms in total. The van der Waals surface area contributed by atoms with Crippen LogP contribution in [0.25, 0.3) is 0 Å². The van der Waals surface area contributed by atoms with Crippen LogP contribution in [0.2, 0.25) is 5.02 Å². The Balaban J connectivity index is 1.67. The molecule has 0 aromatic heterocycles. The van der Waals surface area contributed by atoms with Crippen molar-refractivity contribution >= 4 is 17.3 Å². The van der Waals surface area contributed by atoms with Gasteiger partial charge in [0, 0.05) is 11.1 Å². The minimum absolute atomic E-state index is 0.0153. The molecule has 0 heterocycles. The Bertz CT molecular complexity index is 1220. The zero-order valence-electron chi connectivity index (χ0n) is 16.8. The minimum atomic E-state index is -0.647. The van der Waals surface area contributed by atoms with Crippen molar-refractivity contribution in [2.45, 2.75) is 19.0 Å². The van der Waals surface area contributed by atoms with E-state index in [1.165, 1.54) is 0 Å². The molecular formula is C25H21ClN2O3. The number of halogens is 1. The first-order valence-corrected chi connectivity index (χ1v) is 10.3. The number of anilines is 1. The highest BCUT2D eigenvalue weighted by Crippen LogP contribution is 2.30. The van der Waals surface area contributed by atoms with E-state index >= 15 is 0 Å². The Kier molecular flexibility index (Phi) is 6.16. The number of hydrogen-bond acceptors (Lipinski definition) is 5. The molecule has 4 aromatic carbocycles. The molecule has 4 rings (SSSR count). The summed E-state index contributed by atoms with van der Waals surface area (Å²) in [6.07, 6.45) is 0. The monoisotopic (exact) mass is 432 g/mol. The van der Waals surface area contributed by atoms with Crippen LogP contribution < -0.4 is 26.5 Å². The molecule has 0 amide bonds. The molecule has 2 atom stereocenters. The van der Waals surface area contributed by atoms with Gasteiger partial charge in [-0.05, 0) is 42.3 Å². The van der Waals surface area contributed by atoms with Crippen molar-refractivity contribution in [1.82, 2.24) is 5.32 Å². The van der Waals surface area contributed by atoms with E-state index in [9.17, 15) is 9.59 Å². The van der Waals surface area contributed by atoms with Crippen molar-refractivity contribution < 1.29 is 4.84 Å². The molecule has 4 aromatic rings. The van der Waals surface area contributed by atoms with Crippen LogP contribution in [0.4, 0.5) is 5.69 Å². The van der Waals surface area contributed by atoms with Crippen LogP contribution >= 0.6 is 11.6 Å². The van der Waals surface area contributed by atoms with Crippen LogP contribution in [0.5, 0.6) is 5.75 Å². The van der Waals surface area contributed by atoms with Crippen molar-refractivity contribution in [1.29, 1.82) is 0 Å². The Labute approximate surface area is 184 Å². The maximum absolute atomic E-state index is 12.6. The van der Waals surface area contributed by atoms with Crippen LogP contribution in [-0.4, -0.2) is 0 Å². The molecule has 0 radical (unpaired) electrons. The van der Waals surface area contributed by atoms with Gasteiger partial charge in [0.25, 0.3) is 5.43 Å². The molecule has 0 bridgehead atoms. The van der Waals surface area contributed by atoms with Gasteiger partial charge < -0.3 is 4.84 Å². The first-order valence-electron chi connectivity index (χ1n) is 9.92. The summed E-state index contributed by atoms with van der Waals surface area (Å²) in [5.41, 5.74) is 4.38. The standard InChI is InChI=1S/C25H21ClN2O3/c1-16(17-8-4-2-5-9-17)27-22(18-12-14-19(26)15-13-18)21-23(29)24(30)25(21)31-28-20-10-6-3-7-11-20/h2-16,22,27-28H,1H3/t16-,22?/m1/s1. The summed E-state index contributed by atoms with van der Waals surface area (Å²) in [6.45, 7) is 2.01. The average Bonchev–Trinajstić information content (AvgIpc) is 2.82. The molecule has 2 N–H and O–H groups in total. The van der Waals surface area contributed by atoms with Crippen molar-refractivity contribution in [3.8, 4) is 5.75 Å². The molecule has 31 heavy (non-hydrogen) atoms. The normalized spacial score (nSPS) is 13.0. The zero-order chi connectivity index (χ0) is 21.8. The van der Waals surface area contributed by atoms with Crippen molar-refractivity contribution in [2.75, 3.05) is 5.48 Å². The van der Waals surface area contributed by atoms with Crippen molar-refractivity contribution in [3.05, 3.63) is 127 Å². The summed E-state index contributed by atoms with van der Waals surface area (Å²) < 4.78 is 0. The van der Waals surface area contributed by atoms with E-state index in [1.807, 2.05) is 67.6 Å². The van der Waals surface area contributed by atoms with Gasteiger partial charge >= 0.3 is 0 Å². The second-order valence-corrected chi connectivity index (χ2v) is 7.69. The highest BCUT2D eigenvalue weighted by molar-refractivity contribution is 6.30. The summed E-state index contributed by atoms with van der Waals surface area (Å²) in [4.78, 5) is 30.5. The Morgan fingerprint density at radius 3 is 2.03 bits per heavy atom. The third-order valence-corrected chi connectivity index (χ3v) is 5.41. The third kappa shape index (κ3) is 4.53. The van der Waals surface area contributed by atoms with Crippen molar-refractivity contribution in [2.24, 2.45) is 0 Å². The van der Waals surface area contributed by atoms with E-state index in [2.05, 4.69) is 10.8 Å². The number of rotatable bonds is 8. The van der Waals surface area contributed by atoms with Gasteiger partial charge in [-0.3, -0.25) is 14.9 Å². The van der Waals surface area contributed by atoms with E-state index < -0.39 is 16.9 Å². The highest BCUT2D eigenvalue weighted by atomic mass is 35.5. The summed E-state index contributed by atoms with van der Waals surface area (Å²) in [5.74, 6) is 0.0153. The quantitative estimate of drug-likeness (QED) is 0.310. The van der Waals surface area contributed by atoms with Gasteiger partial charge in [0.2, 0.25) is 11.2 Å². The molecule has 0 saturated carbocycles. The lowest BCUT2D eigenvalue weighted by atomic mass is 9.93. The van der Waals surface area contributed by atoms with Gasteiger partial charge in [0.05, 0.1) is 17.3 Å². The molecule has 6 heteroatoms. The molecule has 1 unspecified atom stereocenters. The number of nitrogens with one attached hydrogen (secondary N) is 2. The van der Waals surface area contributed by atoms with Crippen LogP contribution in [-0.2, 0) is 0 Å². The second kappa shape index (κ2) is 9.16. The zero-order valence-corrected chi connectivity index (χ0v) is 17.6. The molecule has 0 aliphatic heterocycles. The third-order valence-electron chi connectivity index (χ3n) is 5.15. The molecular weight excluding hydrogens is 412 g/mol. The van der Waals surface area contributed by atoms with Gasteiger partial charge in [-0.1, -0.05) is 72.3 Å². The maximum Gasteiger partial charge on any atom is 0.271 e. The average molecular weight is 433 g/mol. The van der Waals surface area contributed by atoms with Gasteiger partial charge in [-0.25, -0.2) is 5.48 Å². The molecule has 0 aliphatic carbocycles. The summed E-state index contributed by atoms with van der Waals surface area (Å²) >= 11 is 6.06. The first kappa shape index (κ1) is 20.8. The Hall–Kier alpha value is -3.41. The van der Waals surface area contributed by atoms with E-state index in [-0.39, 0.29) is 11.8 Å². The van der Waals surface area contributed by atoms with E-state index in [1.54, 1.807) is 24.3 Å². The summed E-state index contributed by atoms with van der Waals surface area (Å²) in [7, 11) is 0. The molecule has 0 aliphatic rings. The topological polar surface area (TPSA) is 67.4 Å². The van der Waals surface area contributed by atoms with Crippen LogP contribution in [0.15, 0.2) is 94.5 Å². The van der Waals surface area contributed by atoms with Gasteiger partial charge in [0.1, 0.15) is 0 Å². The number of benzene rings is 3. The Morgan fingerprint density at radius 1 is 0.774 bits per heavy atom. The van der Waals surface area contributed by atoms with E-state index in [0.717, 1.165) is 11.1 Å². The smallest absolute Gasteiger partial charge is 0.271 e. The minimum Gasteiger partial charge on any atom is -0.377 e. The molecule has 0 spiro atoms. The lowest BCUT2D eigenvalue weighted by Crippen LogP contribution is -2.43. The van der Waals surface area contributed by atoms with Crippen LogP contribution in [0.3, 0.4) is 0 Å². The summed E-state index contributed by atoms with van der Waals surface area (Å²) in [6, 6.07) is 25.6. The lowest BCUT2D eigenvalue weighted by Gasteiger charge is -2.26. The van der Waals surface area contributed by atoms with Crippen molar-refractivity contribution in [3.63, 3.8) is 0 Å². The number of para-hydroxylation sites is 1. The fraction of sp³-hybridized carbons (Fsp3) is 0.120. The first-order chi connectivity index (χ1) is 15.0. The lowest BCUT2D eigenvalue weighted by molar-refractivity contribution is 0.379. The molecule has 156 valence electrons. The molecule has 0 fully saturated rings. The Morgan fingerprint density at radius 2 is 1.39 bits per heavy atom. The van der Waals surface area contributed by atoms with E-state index in [0.29, 0.717) is 16.3 Å². The number of hydrogen-bond donors (Lipinski definition) is 2. The molecule has 0 saturated heterocycles. The predicted octanol–water partition coefficient (Wildman–Crippen LogP) is 4.78. The van der Waals surface area contributed by atoms with Gasteiger partial charge in [0.15, 0.2) is 0 Å². The SMILES string of the molecule is C[C@@H](NC(c1ccc(Cl)cc1)c1c(ONc2ccccc2)c(=O)c1=O)c1ccccc1. The second-order valence-electron chi connectivity index (χ2n) is 7.25. The van der Waals surface area contributed by atoms with Gasteiger partial charge in [-0.2, -0.15) is 0 Å². The fourth-order valence-corrected chi connectivity index (χ4v) is 3.58. The summed E-state index contributed by atoms with van der Waals surface area (Å²) in [5, 5.41) is 4.06. The predicted molar refractivity (Wildman–Crippen MR) is 123 cm³/mol. The maximum atomic E-state index is 12.6. The highest BCUT2D eigenvalue weighted by Gasteiger charge is 2.32. The van der Waals surface area contributed by atoms with Crippen LogP contribution in [0, 0.1) is 0 Å². The van der Waals surface area contributed by atoms with Gasteiger partial charge in [-0.15, -0.1) is 0 Å². The van der Waals surface area contributed by atoms with Crippen LogP contribution in [0.1, 0.15) is 35.7 Å². The van der Waals surface area contributed by atoms with E-state index in [4.69, 9.17) is 16.4 Å². The fourth-order valence-electron chi connectivity index (χ4n) is 3.46.